The number of hydrogen-bond donors (Lipinski definition) is 0. The monoisotopic (exact) mass is 219 g/mol. The van der Waals surface area contributed by atoms with E-state index < -0.39 is 0 Å². The van der Waals surface area contributed by atoms with Crippen LogP contribution in [-0.2, 0) is 6.54 Å². The molecule has 0 N–H and O–H groups in total. The largest absolute Gasteiger partial charge is 0.302 e. The molecule has 0 spiro atoms. The molecule has 16 heavy (non-hydrogen) atoms. The summed E-state index contributed by atoms with van der Waals surface area (Å²) in [6.07, 6.45) is 1.25. The second kappa shape index (κ2) is 5.49. The zero-order valence-electron chi connectivity index (χ0n) is 11.4. The second-order valence-corrected chi connectivity index (χ2v) is 5.97. The molecule has 0 heterocycles. The third-order valence-electron chi connectivity index (χ3n) is 2.95. The summed E-state index contributed by atoms with van der Waals surface area (Å²) in [5.74, 6) is 0. The van der Waals surface area contributed by atoms with Gasteiger partial charge in [-0.2, -0.15) is 0 Å². The molecule has 0 aliphatic heterocycles. The highest BCUT2D eigenvalue weighted by atomic mass is 15.1. The summed E-state index contributed by atoms with van der Waals surface area (Å²) >= 11 is 0. The Hall–Kier alpha value is -0.820. The molecule has 0 aromatic heterocycles. The molecule has 0 atom stereocenters. The van der Waals surface area contributed by atoms with Gasteiger partial charge in [0.2, 0.25) is 0 Å². The van der Waals surface area contributed by atoms with Crippen molar-refractivity contribution in [3.05, 3.63) is 35.4 Å². The van der Waals surface area contributed by atoms with Crippen molar-refractivity contribution in [3.8, 4) is 0 Å². The predicted molar refractivity (Wildman–Crippen MR) is 71.6 cm³/mol. The van der Waals surface area contributed by atoms with Crippen LogP contribution in [0.1, 0.15) is 38.3 Å². The van der Waals surface area contributed by atoms with Crippen LogP contribution in [0.3, 0.4) is 0 Å². The SMILES string of the molecule is Cc1ccccc1CN(C)CCC(C)(C)C. The summed E-state index contributed by atoms with van der Waals surface area (Å²) in [6.45, 7) is 11.3. The minimum atomic E-state index is 0.431. The average Bonchev–Trinajstić information content (AvgIpc) is 2.18. The van der Waals surface area contributed by atoms with Gasteiger partial charge in [0.1, 0.15) is 0 Å². The van der Waals surface area contributed by atoms with Gasteiger partial charge in [0.05, 0.1) is 0 Å². The Kier molecular flexibility index (Phi) is 4.55. The van der Waals surface area contributed by atoms with Crippen LogP contribution in [0.5, 0.6) is 0 Å². The van der Waals surface area contributed by atoms with E-state index in [0.717, 1.165) is 13.1 Å². The summed E-state index contributed by atoms with van der Waals surface area (Å²) in [5, 5.41) is 0. The van der Waals surface area contributed by atoms with E-state index in [-0.39, 0.29) is 0 Å². The Morgan fingerprint density at radius 2 is 1.75 bits per heavy atom. The fourth-order valence-electron chi connectivity index (χ4n) is 1.68. The Labute approximate surface area is 100 Å². The highest BCUT2D eigenvalue weighted by Crippen LogP contribution is 2.19. The maximum absolute atomic E-state index is 2.41. The van der Waals surface area contributed by atoms with Crippen LogP contribution in [0.2, 0.25) is 0 Å². The lowest BCUT2D eigenvalue weighted by atomic mass is 9.92. The van der Waals surface area contributed by atoms with Gasteiger partial charge in [-0.15, -0.1) is 0 Å². The van der Waals surface area contributed by atoms with Crippen LogP contribution in [0.15, 0.2) is 24.3 Å². The van der Waals surface area contributed by atoms with Crippen LogP contribution in [-0.4, -0.2) is 18.5 Å². The lowest BCUT2D eigenvalue weighted by Gasteiger charge is -2.24. The molecule has 1 aromatic carbocycles. The number of hydrogen-bond acceptors (Lipinski definition) is 1. The quantitative estimate of drug-likeness (QED) is 0.743. The zero-order chi connectivity index (χ0) is 12.2. The molecule has 0 saturated heterocycles. The lowest BCUT2D eigenvalue weighted by molar-refractivity contribution is 0.258. The van der Waals surface area contributed by atoms with E-state index in [4.69, 9.17) is 0 Å². The van der Waals surface area contributed by atoms with Gasteiger partial charge >= 0.3 is 0 Å². The van der Waals surface area contributed by atoms with Gasteiger partial charge in [-0.25, -0.2) is 0 Å². The molecule has 0 aliphatic rings. The van der Waals surface area contributed by atoms with E-state index >= 15 is 0 Å². The first-order chi connectivity index (χ1) is 7.38. The molecule has 0 bridgehead atoms. The predicted octanol–water partition coefficient (Wildman–Crippen LogP) is 3.86. The fraction of sp³-hybridized carbons (Fsp3) is 0.600. The van der Waals surface area contributed by atoms with Crippen LogP contribution in [0, 0.1) is 12.3 Å². The minimum Gasteiger partial charge on any atom is -0.302 e. The average molecular weight is 219 g/mol. The Morgan fingerprint density at radius 1 is 1.12 bits per heavy atom. The van der Waals surface area contributed by atoms with Crippen LogP contribution in [0.25, 0.3) is 0 Å². The molecule has 90 valence electrons. The highest BCUT2D eigenvalue weighted by molar-refractivity contribution is 5.25. The van der Waals surface area contributed by atoms with Gasteiger partial charge in [0, 0.05) is 6.54 Å². The van der Waals surface area contributed by atoms with Crippen molar-refractivity contribution >= 4 is 0 Å². The molecular formula is C15H25N. The Bertz CT molecular complexity index is 322. The van der Waals surface area contributed by atoms with Gasteiger partial charge in [0.25, 0.3) is 0 Å². The van der Waals surface area contributed by atoms with Gasteiger partial charge in [-0.3, -0.25) is 0 Å². The van der Waals surface area contributed by atoms with E-state index in [1.165, 1.54) is 17.5 Å². The molecule has 0 unspecified atom stereocenters. The molecule has 0 aliphatic carbocycles. The normalized spacial score (nSPS) is 12.1. The van der Waals surface area contributed by atoms with E-state index in [1.54, 1.807) is 0 Å². The van der Waals surface area contributed by atoms with Crippen molar-refractivity contribution in [1.82, 2.24) is 4.90 Å². The van der Waals surface area contributed by atoms with Crippen LogP contribution >= 0.6 is 0 Å². The summed E-state index contributed by atoms with van der Waals surface area (Å²) in [7, 11) is 2.21. The van der Waals surface area contributed by atoms with Gasteiger partial charge in [0.15, 0.2) is 0 Å². The standard InChI is InChI=1S/C15H25N/c1-13-8-6-7-9-14(13)12-16(5)11-10-15(2,3)4/h6-9H,10-12H2,1-5H3. The van der Waals surface area contributed by atoms with E-state index in [0.29, 0.717) is 5.41 Å². The van der Waals surface area contributed by atoms with Gasteiger partial charge in [-0.1, -0.05) is 45.0 Å². The molecule has 0 saturated carbocycles. The first kappa shape index (κ1) is 13.2. The van der Waals surface area contributed by atoms with Crippen molar-refractivity contribution in [2.45, 2.75) is 40.7 Å². The molecular weight excluding hydrogens is 194 g/mol. The van der Waals surface area contributed by atoms with E-state index in [2.05, 4.69) is 63.9 Å². The Morgan fingerprint density at radius 3 is 2.31 bits per heavy atom. The highest BCUT2D eigenvalue weighted by Gasteiger charge is 2.11. The maximum atomic E-state index is 2.41. The second-order valence-electron chi connectivity index (χ2n) is 5.97. The molecule has 1 nitrogen and oxygen atoms in total. The summed E-state index contributed by atoms with van der Waals surface area (Å²) in [4.78, 5) is 2.41. The number of nitrogens with zero attached hydrogens (tertiary/aromatic N) is 1. The van der Waals surface area contributed by atoms with Crippen molar-refractivity contribution in [3.63, 3.8) is 0 Å². The van der Waals surface area contributed by atoms with Gasteiger partial charge in [-0.05, 0) is 43.5 Å². The number of benzene rings is 1. The fourth-order valence-corrected chi connectivity index (χ4v) is 1.68. The van der Waals surface area contributed by atoms with Crippen molar-refractivity contribution < 1.29 is 0 Å². The van der Waals surface area contributed by atoms with Gasteiger partial charge < -0.3 is 4.90 Å². The van der Waals surface area contributed by atoms with E-state index in [1.807, 2.05) is 0 Å². The topological polar surface area (TPSA) is 3.24 Å². The molecule has 0 radical (unpaired) electrons. The van der Waals surface area contributed by atoms with E-state index in [9.17, 15) is 0 Å². The van der Waals surface area contributed by atoms with Crippen molar-refractivity contribution in [2.75, 3.05) is 13.6 Å². The number of rotatable bonds is 4. The maximum Gasteiger partial charge on any atom is 0.0233 e. The molecule has 1 heteroatoms. The van der Waals surface area contributed by atoms with Crippen molar-refractivity contribution in [2.24, 2.45) is 5.41 Å². The Balaban J connectivity index is 2.46. The number of aryl methyl sites for hydroxylation is 1. The molecule has 1 rings (SSSR count). The zero-order valence-corrected chi connectivity index (χ0v) is 11.4. The summed E-state index contributed by atoms with van der Waals surface area (Å²) in [5.41, 5.74) is 3.27. The molecule has 0 fully saturated rings. The third kappa shape index (κ3) is 4.80. The van der Waals surface area contributed by atoms with Crippen LogP contribution in [0.4, 0.5) is 0 Å². The smallest absolute Gasteiger partial charge is 0.0233 e. The van der Waals surface area contributed by atoms with Crippen LogP contribution < -0.4 is 0 Å². The summed E-state index contributed by atoms with van der Waals surface area (Å²) < 4.78 is 0. The first-order valence-corrected chi connectivity index (χ1v) is 6.11. The molecule has 0 amide bonds. The lowest BCUT2D eigenvalue weighted by Crippen LogP contribution is -2.23. The van der Waals surface area contributed by atoms with Crippen molar-refractivity contribution in [1.29, 1.82) is 0 Å². The molecule has 1 aromatic rings. The minimum absolute atomic E-state index is 0.431. The first-order valence-electron chi connectivity index (χ1n) is 6.11. The summed E-state index contributed by atoms with van der Waals surface area (Å²) in [6, 6.07) is 8.64. The third-order valence-corrected chi connectivity index (χ3v) is 2.95.